The summed E-state index contributed by atoms with van der Waals surface area (Å²) in [6, 6.07) is 16.3. The quantitative estimate of drug-likeness (QED) is 0.343. The Morgan fingerprint density at radius 1 is 0.964 bits per heavy atom. The van der Waals surface area contributed by atoms with E-state index >= 15 is 0 Å². The molecule has 1 aliphatic heterocycles. The maximum atomic E-state index is 9.54. The minimum absolute atomic E-state index is 0.217. The van der Waals surface area contributed by atoms with Gasteiger partial charge < -0.3 is 20.0 Å². The molecule has 3 heterocycles. The second-order valence-corrected chi connectivity index (χ2v) is 7.20. The van der Waals surface area contributed by atoms with E-state index in [-0.39, 0.29) is 11.8 Å². The number of aryl methyl sites for hydroxylation is 2. The maximum absolute atomic E-state index is 9.54. The normalized spacial score (nSPS) is 18.6. The van der Waals surface area contributed by atoms with E-state index in [1.54, 1.807) is 0 Å². The van der Waals surface area contributed by atoms with Crippen LogP contribution in [0.15, 0.2) is 58.8 Å². The molecule has 0 amide bonds. The zero-order chi connectivity index (χ0) is 19.3. The molecule has 6 heteroatoms. The third kappa shape index (κ3) is 2.41. The monoisotopic (exact) mass is 372 g/mol. The first-order valence-electron chi connectivity index (χ1n) is 9.28. The molecular weight excluding hydrogens is 352 g/mol. The summed E-state index contributed by atoms with van der Waals surface area (Å²) in [6.45, 7) is 4.08. The van der Waals surface area contributed by atoms with Crippen molar-refractivity contribution < 1.29 is 10.0 Å². The van der Waals surface area contributed by atoms with Gasteiger partial charge in [-0.05, 0) is 31.5 Å². The van der Waals surface area contributed by atoms with E-state index in [4.69, 9.17) is 4.84 Å². The fourth-order valence-corrected chi connectivity index (χ4v) is 4.34. The van der Waals surface area contributed by atoms with E-state index in [1.165, 1.54) is 0 Å². The highest BCUT2D eigenvalue weighted by atomic mass is 16.7. The van der Waals surface area contributed by atoms with Crippen molar-refractivity contribution in [3.05, 3.63) is 71.0 Å². The highest BCUT2D eigenvalue weighted by Crippen LogP contribution is 2.37. The molecule has 1 unspecified atom stereocenters. The van der Waals surface area contributed by atoms with E-state index in [0.717, 1.165) is 50.0 Å². The van der Waals surface area contributed by atoms with Gasteiger partial charge in [-0.2, -0.15) is 0 Å². The number of hydrogen-bond acceptors (Lipinski definition) is 4. The minimum atomic E-state index is -0.221. The molecule has 5 rings (SSSR count). The Morgan fingerprint density at radius 2 is 1.61 bits per heavy atom. The summed E-state index contributed by atoms with van der Waals surface area (Å²) in [5, 5.41) is 19.5. The topological polar surface area (TPSA) is 85.8 Å². The van der Waals surface area contributed by atoms with Crippen LogP contribution in [-0.2, 0) is 4.84 Å². The van der Waals surface area contributed by atoms with Crippen molar-refractivity contribution in [3.63, 3.8) is 0 Å². The summed E-state index contributed by atoms with van der Waals surface area (Å²) in [7, 11) is 0. The molecule has 2 aromatic carbocycles. The van der Waals surface area contributed by atoms with Crippen molar-refractivity contribution in [2.45, 2.75) is 26.2 Å². The second kappa shape index (κ2) is 6.27. The predicted molar refractivity (Wildman–Crippen MR) is 110 cm³/mol. The fraction of sp³-hybridized carbons (Fsp3) is 0.182. The van der Waals surface area contributed by atoms with Crippen LogP contribution in [0, 0.1) is 13.8 Å². The van der Waals surface area contributed by atoms with Crippen LogP contribution in [0.25, 0.3) is 21.8 Å². The molecule has 0 radical (unpaired) electrons. The lowest BCUT2D eigenvalue weighted by atomic mass is 9.87. The van der Waals surface area contributed by atoms with Crippen LogP contribution < -0.4 is 0 Å². The Balaban J connectivity index is 1.65. The molecule has 28 heavy (non-hydrogen) atoms. The second-order valence-electron chi connectivity index (χ2n) is 7.20. The lowest BCUT2D eigenvalue weighted by Crippen LogP contribution is -2.25. The largest absolute Gasteiger partial charge is 0.408 e. The Kier molecular flexibility index (Phi) is 3.72. The Hall–Kier alpha value is -3.54. The van der Waals surface area contributed by atoms with Crippen LogP contribution in [0.1, 0.15) is 34.9 Å². The zero-order valence-electron chi connectivity index (χ0n) is 15.7. The summed E-state index contributed by atoms with van der Waals surface area (Å²) < 4.78 is 0. The van der Waals surface area contributed by atoms with E-state index in [0.29, 0.717) is 6.42 Å². The van der Waals surface area contributed by atoms with Gasteiger partial charge in [0.25, 0.3) is 5.90 Å². The molecule has 3 N–H and O–H groups in total. The molecule has 1 atom stereocenters. The van der Waals surface area contributed by atoms with Gasteiger partial charge in [0.2, 0.25) is 0 Å². The number of aromatic nitrogens is 2. The van der Waals surface area contributed by atoms with Gasteiger partial charge in [0.1, 0.15) is 0 Å². The SMILES string of the molecule is Cc1[nH]c2ccccc2c1C1=NO/C(=N\O)C(c2c(C)[nH]c3ccccc23)C1. The van der Waals surface area contributed by atoms with Gasteiger partial charge in [-0.15, -0.1) is 0 Å². The van der Waals surface area contributed by atoms with Crippen LogP contribution >= 0.6 is 0 Å². The van der Waals surface area contributed by atoms with Gasteiger partial charge in [-0.1, -0.05) is 46.7 Å². The number of aromatic amines is 2. The fourth-order valence-electron chi connectivity index (χ4n) is 4.34. The number of hydrogen-bond donors (Lipinski definition) is 3. The number of H-pyrrole nitrogens is 2. The molecule has 1 aliphatic rings. The number of nitrogens with zero attached hydrogens (tertiary/aromatic N) is 2. The summed E-state index contributed by atoms with van der Waals surface area (Å²) in [5.74, 6) is -0.00388. The van der Waals surface area contributed by atoms with Crippen LogP contribution in [0.4, 0.5) is 0 Å². The van der Waals surface area contributed by atoms with Crippen molar-refractivity contribution in [1.82, 2.24) is 9.97 Å². The van der Waals surface area contributed by atoms with Gasteiger partial charge in [-0.3, -0.25) is 0 Å². The molecule has 0 aliphatic carbocycles. The van der Waals surface area contributed by atoms with Gasteiger partial charge in [0.15, 0.2) is 0 Å². The average molecular weight is 372 g/mol. The van der Waals surface area contributed by atoms with Crippen molar-refractivity contribution in [3.8, 4) is 0 Å². The van der Waals surface area contributed by atoms with E-state index in [1.807, 2.05) is 44.2 Å². The molecule has 0 bridgehead atoms. The first-order chi connectivity index (χ1) is 13.7. The summed E-state index contributed by atoms with van der Waals surface area (Å²) >= 11 is 0. The molecule has 0 spiro atoms. The smallest absolute Gasteiger partial charge is 0.268 e. The Morgan fingerprint density at radius 3 is 2.36 bits per heavy atom. The Bertz CT molecular complexity index is 1260. The standard InChI is InChI=1S/C22H20N4O2/c1-12-20(14-7-3-5-9-17(14)23-12)16-11-19(26-28-22(16)25-27)21-13(2)24-18-10-6-4-8-15(18)21/h3-10,16,23-24,27H,11H2,1-2H3/b25-22-. The molecule has 140 valence electrons. The number of para-hydroxylation sites is 2. The molecule has 0 fully saturated rings. The van der Waals surface area contributed by atoms with Crippen molar-refractivity contribution in [1.29, 1.82) is 0 Å². The number of fused-ring (bicyclic) bond motifs is 2. The minimum Gasteiger partial charge on any atom is -0.408 e. The van der Waals surface area contributed by atoms with Crippen molar-refractivity contribution in [2.24, 2.45) is 10.3 Å². The molecule has 0 saturated heterocycles. The zero-order valence-corrected chi connectivity index (χ0v) is 15.7. The lowest BCUT2D eigenvalue weighted by Gasteiger charge is -2.22. The first-order valence-corrected chi connectivity index (χ1v) is 9.28. The number of nitrogens with one attached hydrogen (secondary N) is 2. The van der Waals surface area contributed by atoms with Crippen LogP contribution in [0.2, 0.25) is 0 Å². The van der Waals surface area contributed by atoms with Crippen molar-refractivity contribution in [2.75, 3.05) is 0 Å². The average Bonchev–Trinajstić information content (AvgIpc) is 3.22. The van der Waals surface area contributed by atoms with E-state index < -0.39 is 0 Å². The van der Waals surface area contributed by atoms with Gasteiger partial charge in [0.05, 0.1) is 11.6 Å². The Labute approximate surface area is 161 Å². The molecule has 4 aromatic rings. The van der Waals surface area contributed by atoms with Crippen molar-refractivity contribution >= 4 is 33.4 Å². The first kappa shape index (κ1) is 16.6. The van der Waals surface area contributed by atoms with Crippen LogP contribution in [0.3, 0.4) is 0 Å². The van der Waals surface area contributed by atoms with E-state index in [9.17, 15) is 5.21 Å². The predicted octanol–water partition coefficient (Wildman–Crippen LogP) is 4.96. The highest BCUT2D eigenvalue weighted by Gasteiger charge is 2.33. The molecular formula is C22H20N4O2. The van der Waals surface area contributed by atoms with Crippen LogP contribution in [0.5, 0.6) is 0 Å². The lowest BCUT2D eigenvalue weighted by molar-refractivity contribution is 0.246. The maximum Gasteiger partial charge on any atom is 0.268 e. The molecule has 2 aromatic heterocycles. The summed E-state index contributed by atoms with van der Waals surface area (Å²) in [4.78, 5) is 12.4. The van der Waals surface area contributed by atoms with Gasteiger partial charge in [0, 0.05) is 45.2 Å². The molecule has 6 nitrogen and oxygen atoms in total. The summed E-state index contributed by atoms with van der Waals surface area (Å²) in [6.07, 6.45) is 0.588. The van der Waals surface area contributed by atoms with Crippen LogP contribution in [-0.4, -0.2) is 26.8 Å². The van der Waals surface area contributed by atoms with Gasteiger partial charge >= 0.3 is 0 Å². The number of oxime groups is 2. The highest BCUT2D eigenvalue weighted by molar-refractivity contribution is 6.14. The number of benzene rings is 2. The van der Waals surface area contributed by atoms with E-state index in [2.05, 4.69) is 38.5 Å². The third-order valence-corrected chi connectivity index (χ3v) is 5.52. The molecule has 0 saturated carbocycles. The van der Waals surface area contributed by atoms with Gasteiger partial charge in [-0.25, -0.2) is 0 Å². The summed E-state index contributed by atoms with van der Waals surface area (Å²) in [5.41, 5.74) is 7.18. The third-order valence-electron chi connectivity index (χ3n) is 5.52. The number of rotatable bonds is 2.